The van der Waals surface area contributed by atoms with Crippen LogP contribution in [0.15, 0.2) is 0 Å². The Morgan fingerprint density at radius 1 is 1.23 bits per heavy atom. The monoisotopic (exact) mass is 207 g/mol. The largest absolute Gasteiger partial charge is 0.396 e. The van der Waals surface area contributed by atoms with Gasteiger partial charge in [-0.05, 0) is 44.7 Å². The van der Waals surface area contributed by atoms with E-state index in [1.807, 2.05) is 0 Å². The molecule has 0 aliphatic carbocycles. The van der Waals surface area contributed by atoms with Crippen molar-refractivity contribution in [3.8, 4) is 0 Å². The number of nitrogens with one attached hydrogen (secondary N) is 1. The first-order valence-electron chi connectivity index (χ1n) is 5.25. The normalized spacial score (nSPS) is 22.4. The highest BCUT2D eigenvalue weighted by Crippen LogP contribution is 2.17. The molecule has 2 N–H and O–H groups in total. The van der Waals surface area contributed by atoms with E-state index >= 15 is 0 Å². The molecule has 0 aromatic heterocycles. The second-order valence-electron chi connectivity index (χ2n) is 3.79. The van der Waals surface area contributed by atoms with E-state index in [4.69, 9.17) is 5.11 Å². The fraction of sp³-hybridized carbons (Fsp3) is 1.00. The van der Waals surface area contributed by atoms with E-state index in [1.165, 1.54) is 45.2 Å². The fourth-order valence-electron chi connectivity index (χ4n) is 1.89. The molecule has 0 amide bonds. The molecule has 13 heavy (non-hydrogen) atoms. The number of unbranched alkanes of at least 4 members (excludes halogenated alkanes) is 2. The van der Waals surface area contributed by atoms with E-state index < -0.39 is 0 Å². The third-order valence-electron chi connectivity index (χ3n) is 2.67. The van der Waals surface area contributed by atoms with Crippen molar-refractivity contribution >= 4 is 12.4 Å². The summed E-state index contributed by atoms with van der Waals surface area (Å²) in [6, 6.07) is 0. The van der Waals surface area contributed by atoms with Crippen molar-refractivity contribution < 1.29 is 5.11 Å². The van der Waals surface area contributed by atoms with Gasteiger partial charge in [0.05, 0.1) is 0 Å². The first-order chi connectivity index (χ1) is 5.93. The third kappa shape index (κ3) is 6.30. The number of halogens is 1. The molecule has 3 heteroatoms. The average molecular weight is 208 g/mol. The molecular weight excluding hydrogens is 186 g/mol. The molecule has 0 saturated carbocycles. The van der Waals surface area contributed by atoms with E-state index in [-0.39, 0.29) is 12.4 Å². The zero-order chi connectivity index (χ0) is 8.65. The summed E-state index contributed by atoms with van der Waals surface area (Å²) in [6.07, 6.45) is 7.60. The van der Waals surface area contributed by atoms with Crippen LogP contribution in [-0.4, -0.2) is 24.8 Å². The second-order valence-corrected chi connectivity index (χ2v) is 3.79. The molecule has 0 unspecified atom stereocenters. The lowest BCUT2D eigenvalue weighted by Gasteiger charge is -2.22. The zero-order valence-corrected chi connectivity index (χ0v) is 9.11. The molecule has 0 aromatic carbocycles. The van der Waals surface area contributed by atoms with E-state index in [9.17, 15) is 0 Å². The van der Waals surface area contributed by atoms with Crippen molar-refractivity contribution in [2.24, 2.45) is 5.92 Å². The lowest BCUT2D eigenvalue weighted by Crippen LogP contribution is -2.29. The van der Waals surface area contributed by atoms with Crippen LogP contribution < -0.4 is 5.32 Å². The van der Waals surface area contributed by atoms with Crippen LogP contribution >= 0.6 is 12.4 Å². The van der Waals surface area contributed by atoms with Crippen LogP contribution in [0.4, 0.5) is 0 Å². The predicted octanol–water partition coefficient (Wildman–Crippen LogP) is 1.96. The molecule has 1 saturated heterocycles. The lowest BCUT2D eigenvalue weighted by molar-refractivity contribution is 0.277. The van der Waals surface area contributed by atoms with Crippen LogP contribution in [0.3, 0.4) is 0 Å². The molecule has 0 radical (unpaired) electrons. The molecule has 1 aliphatic heterocycles. The maximum Gasteiger partial charge on any atom is 0.0431 e. The molecule has 0 bridgehead atoms. The molecular formula is C10H22ClNO. The van der Waals surface area contributed by atoms with Gasteiger partial charge in [0.1, 0.15) is 0 Å². The van der Waals surface area contributed by atoms with Crippen LogP contribution in [0.25, 0.3) is 0 Å². The Bertz CT molecular complexity index is 105. The maximum absolute atomic E-state index is 8.59. The minimum Gasteiger partial charge on any atom is -0.396 e. The summed E-state index contributed by atoms with van der Waals surface area (Å²) in [5, 5.41) is 12.0. The molecule has 0 spiro atoms. The van der Waals surface area contributed by atoms with Gasteiger partial charge in [0, 0.05) is 6.61 Å². The molecule has 1 aliphatic rings. The molecule has 1 atom stereocenters. The van der Waals surface area contributed by atoms with E-state index in [1.54, 1.807) is 0 Å². The van der Waals surface area contributed by atoms with Crippen molar-refractivity contribution in [2.45, 2.75) is 38.5 Å². The van der Waals surface area contributed by atoms with Gasteiger partial charge in [-0.25, -0.2) is 0 Å². The summed E-state index contributed by atoms with van der Waals surface area (Å²) in [4.78, 5) is 0. The Kier molecular flexibility index (Phi) is 8.93. The number of aliphatic hydroxyl groups is 1. The van der Waals surface area contributed by atoms with Gasteiger partial charge in [-0.1, -0.05) is 12.8 Å². The first kappa shape index (κ1) is 13.2. The Labute approximate surface area is 87.5 Å². The maximum atomic E-state index is 8.59. The number of hydrogen-bond donors (Lipinski definition) is 2. The molecule has 0 aromatic rings. The van der Waals surface area contributed by atoms with Gasteiger partial charge in [0.2, 0.25) is 0 Å². The summed E-state index contributed by atoms with van der Waals surface area (Å²) >= 11 is 0. The van der Waals surface area contributed by atoms with Gasteiger partial charge < -0.3 is 10.4 Å². The van der Waals surface area contributed by atoms with Gasteiger partial charge in [-0.3, -0.25) is 0 Å². The molecule has 1 rings (SSSR count). The summed E-state index contributed by atoms with van der Waals surface area (Å²) < 4.78 is 0. The van der Waals surface area contributed by atoms with Gasteiger partial charge in [0.25, 0.3) is 0 Å². The molecule has 1 fully saturated rings. The summed E-state index contributed by atoms with van der Waals surface area (Å²) in [6.45, 7) is 2.80. The lowest BCUT2D eigenvalue weighted by atomic mass is 9.94. The van der Waals surface area contributed by atoms with Crippen LogP contribution in [0, 0.1) is 5.92 Å². The highest BCUT2D eigenvalue weighted by molar-refractivity contribution is 5.85. The minimum atomic E-state index is 0. The van der Waals surface area contributed by atoms with Crippen molar-refractivity contribution in [2.75, 3.05) is 19.7 Å². The third-order valence-corrected chi connectivity index (χ3v) is 2.67. The Morgan fingerprint density at radius 3 is 2.69 bits per heavy atom. The number of hydrogen-bond acceptors (Lipinski definition) is 2. The van der Waals surface area contributed by atoms with Crippen LogP contribution in [-0.2, 0) is 0 Å². The van der Waals surface area contributed by atoms with Crippen molar-refractivity contribution in [1.29, 1.82) is 0 Å². The highest BCUT2D eigenvalue weighted by atomic mass is 35.5. The van der Waals surface area contributed by atoms with Gasteiger partial charge >= 0.3 is 0 Å². The van der Waals surface area contributed by atoms with E-state index in [0.29, 0.717) is 6.61 Å². The average Bonchev–Trinajstić information content (AvgIpc) is 2.14. The smallest absolute Gasteiger partial charge is 0.0431 e. The van der Waals surface area contributed by atoms with E-state index in [2.05, 4.69) is 5.32 Å². The molecule has 2 nitrogen and oxygen atoms in total. The van der Waals surface area contributed by atoms with Crippen molar-refractivity contribution in [3.63, 3.8) is 0 Å². The standard InChI is InChI=1S/C10H21NO.ClH/c12-8-3-1-2-5-10-6-4-7-11-9-10;/h10-12H,1-9H2;1H/t10-;/m1./s1. The fourth-order valence-corrected chi connectivity index (χ4v) is 1.89. The topological polar surface area (TPSA) is 32.3 Å². The Morgan fingerprint density at radius 2 is 2.08 bits per heavy atom. The highest BCUT2D eigenvalue weighted by Gasteiger charge is 2.11. The van der Waals surface area contributed by atoms with E-state index in [0.717, 1.165) is 12.3 Å². The second kappa shape index (κ2) is 8.79. The first-order valence-corrected chi connectivity index (χ1v) is 5.25. The SMILES string of the molecule is Cl.OCCCCC[C@@H]1CCCNC1. The van der Waals surface area contributed by atoms with Crippen LogP contribution in [0.1, 0.15) is 38.5 Å². The number of aliphatic hydroxyl groups excluding tert-OH is 1. The Balaban J connectivity index is 0.00000144. The molecule has 80 valence electrons. The summed E-state index contributed by atoms with van der Waals surface area (Å²) in [5.74, 6) is 0.914. The predicted molar refractivity (Wildman–Crippen MR) is 58.4 cm³/mol. The number of piperidine rings is 1. The van der Waals surface area contributed by atoms with Gasteiger partial charge in [-0.2, -0.15) is 0 Å². The molecule has 1 heterocycles. The minimum absolute atomic E-state index is 0. The zero-order valence-electron chi connectivity index (χ0n) is 8.30. The summed E-state index contributed by atoms with van der Waals surface area (Å²) in [7, 11) is 0. The number of rotatable bonds is 5. The van der Waals surface area contributed by atoms with Crippen molar-refractivity contribution in [3.05, 3.63) is 0 Å². The Hall–Kier alpha value is 0.210. The summed E-state index contributed by atoms with van der Waals surface area (Å²) in [5.41, 5.74) is 0. The quantitative estimate of drug-likeness (QED) is 0.676. The van der Waals surface area contributed by atoms with Crippen LogP contribution in [0.2, 0.25) is 0 Å². The van der Waals surface area contributed by atoms with Crippen LogP contribution in [0.5, 0.6) is 0 Å². The van der Waals surface area contributed by atoms with Crippen molar-refractivity contribution in [1.82, 2.24) is 5.32 Å². The van der Waals surface area contributed by atoms with Gasteiger partial charge in [-0.15, -0.1) is 12.4 Å². The van der Waals surface area contributed by atoms with Gasteiger partial charge in [0.15, 0.2) is 0 Å².